The van der Waals surface area contributed by atoms with Crippen molar-refractivity contribution in [1.82, 2.24) is 0 Å². The molecule has 6 nitrogen and oxygen atoms in total. The van der Waals surface area contributed by atoms with Crippen molar-refractivity contribution in [2.24, 2.45) is 0 Å². The van der Waals surface area contributed by atoms with Crippen LogP contribution < -0.4 is 24.3 Å². The highest BCUT2D eigenvalue weighted by Crippen LogP contribution is 2.40. The number of thiol groups is 1. The zero-order valence-electron chi connectivity index (χ0n) is 13.9. The number of rotatable bonds is 6. The van der Waals surface area contributed by atoms with Gasteiger partial charge in [-0.2, -0.15) is 0 Å². The van der Waals surface area contributed by atoms with Gasteiger partial charge in [0.15, 0.2) is 11.5 Å². The first-order valence-electron chi connectivity index (χ1n) is 7.02. The summed E-state index contributed by atoms with van der Waals surface area (Å²) in [5, 5.41) is 2.79. The first-order chi connectivity index (χ1) is 11.5. The molecule has 0 atom stereocenters. The van der Waals surface area contributed by atoms with Crippen LogP contribution >= 0.6 is 12.6 Å². The summed E-state index contributed by atoms with van der Waals surface area (Å²) in [5.74, 6) is 1.59. The van der Waals surface area contributed by atoms with Gasteiger partial charge < -0.3 is 24.3 Å². The van der Waals surface area contributed by atoms with E-state index < -0.39 is 0 Å². The highest BCUT2D eigenvalue weighted by atomic mass is 32.1. The Morgan fingerprint density at radius 2 is 1.46 bits per heavy atom. The van der Waals surface area contributed by atoms with Gasteiger partial charge in [0, 0.05) is 28.3 Å². The maximum atomic E-state index is 12.4. The molecule has 128 valence electrons. The summed E-state index contributed by atoms with van der Waals surface area (Å²) < 4.78 is 21.0. The van der Waals surface area contributed by atoms with Crippen LogP contribution in [0.5, 0.6) is 23.0 Å². The van der Waals surface area contributed by atoms with E-state index >= 15 is 0 Å². The van der Waals surface area contributed by atoms with Gasteiger partial charge in [-0.3, -0.25) is 4.79 Å². The van der Waals surface area contributed by atoms with Crippen LogP contribution in [0.3, 0.4) is 0 Å². The summed E-state index contributed by atoms with van der Waals surface area (Å²) >= 11 is 4.26. The molecule has 24 heavy (non-hydrogen) atoms. The average Bonchev–Trinajstić information content (AvgIpc) is 2.60. The number of carbonyl (C=O) groups excluding carboxylic acids is 1. The van der Waals surface area contributed by atoms with Gasteiger partial charge in [-0.15, -0.1) is 12.6 Å². The molecule has 1 N–H and O–H groups in total. The van der Waals surface area contributed by atoms with E-state index in [-0.39, 0.29) is 5.91 Å². The van der Waals surface area contributed by atoms with Crippen molar-refractivity contribution in [2.45, 2.75) is 4.90 Å². The van der Waals surface area contributed by atoms with Crippen LogP contribution in [0.1, 0.15) is 10.4 Å². The standard InChI is InChI=1S/C17H19NO5S/c1-20-12-7-10(5-6-15(12)24)17(19)18-11-8-13(21-2)16(23-4)14(9-11)22-3/h5-9,24H,1-4H3,(H,18,19). The number of anilines is 1. The Morgan fingerprint density at radius 3 is 1.96 bits per heavy atom. The van der Waals surface area contributed by atoms with E-state index in [1.807, 2.05) is 0 Å². The van der Waals surface area contributed by atoms with E-state index in [9.17, 15) is 4.79 Å². The Balaban J connectivity index is 2.32. The number of benzene rings is 2. The van der Waals surface area contributed by atoms with Crippen molar-refractivity contribution in [1.29, 1.82) is 0 Å². The molecule has 0 heterocycles. The molecular weight excluding hydrogens is 330 g/mol. The highest BCUT2D eigenvalue weighted by molar-refractivity contribution is 7.80. The van der Waals surface area contributed by atoms with E-state index in [4.69, 9.17) is 18.9 Å². The molecule has 0 aromatic heterocycles. The van der Waals surface area contributed by atoms with Gasteiger partial charge in [0.05, 0.1) is 28.4 Å². The molecule has 0 radical (unpaired) electrons. The lowest BCUT2D eigenvalue weighted by Gasteiger charge is -2.15. The molecule has 2 aromatic rings. The van der Waals surface area contributed by atoms with Crippen LogP contribution in [0, 0.1) is 0 Å². The number of hydrogen-bond donors (Lipinski definition) is 2. The molecule has 0 aliphatic carbocycles. The minimum Gasteiger partial charge on any atom is -0.496 e. The zero-order chi connectivity index (χ0) is 17.7. The molecule has 0 fully saturated rings. The molecule has 0 aliphatic heterocycles. The molecule has 0 saturated heterocycles. The summed E-state index contributed by atoms with van der Waals surface area (Å²) in [7, 11) is 6.07. The molecule has 0 bridgehead atoms. The average molecular weight is 349 g/mol. The quantitative estimate of drug-likeness (QED) is 0.784. The lowest BCUT2D eigenvalue weighted by atomic mass is 10.2. The normalized spacial score (nSPS) is 10.0. The van der Waals surface area contributed by atoms with Crippen molar-refractivity contribution in [2.75, 3.05) is 33.8 Å². The van der Waals surface area contributed by atoms with Crippen LogP contribution in [0.4, 0.5) is 5.69 Å². The third-order valence-corrected chi connectivity index (χ3v) is 3.73. The summed E-state index contributed by atoms with van der Waals surface area (Å²) in [6.07, 6.45) is 0. The molecule has 2 rings (SSSR count). The summed E-state index contributed by atoms with van der Waals surface area (Å²) in [5.41, 5.74) is 0.960. The number of carbonyl (C=O) groups is 1. The van der Waals surface area contributed by atoms with E-state index in [0.29, 0.717) is 39.1 Å². The summed E-state index contributed by atoms with van der Waals surface area (Å²) in [6.45, 7) is 0. The third kappa shape index (κ3) is 3.68. The second kappa shape index (κ2) is 7.83. The van der Waals surface area contributed by atoms with Gasteiger partial charge in [-0.1, -0.05) is 0 Å². The molecule has 1 amide bonds. The molecule has 0 spiro atoms. The summed E-state index contributed by atoms with van der Waals surface area (Å²) in [6, 6.07) is 8.30. The van der Waals surface area contributed by atoms with E-state index in [0.717, 1.165) is 0 Å². The third-order valence-electron chi connectivity index (χ3n) is 3.36. The Kier molecular flexibility index (Phi) is 5.81. The maximum Gasteiger partial charge on any atom is 0.255 e. The number of methoxy groups -OCH3 is 4. The second-order valence-corrected chi connectivity index (χ2v) is 5.24. The number of ether oxygens (including phenoxy) is 4. The SMILES string of the molecule is COc1cc(C(=O)Nc2cc(OC)c(OC)c(OC)c2)ccc1S. The monoisotopic (exact) mass is 349 g/mol. The van der Waals surface area contributed by atoms with E-state index in [1.54, 1.807) is 30.3 Å². The maximum absolute atomic E-state index is 12.4. The first-order valence-corrected chi connectivity index (χ1v) is 7.47. The summed E-state index contributed by atoms with van der Waals surface area (Å²) in [4.78, 5) is 13.1. The highest BCUT2D eigenvalue weighted by Gasteiger charge is 2.15. The Hall–Kier alpha value is -2.54. The second-order valence-electron chi connectivity index (χ2n) is 4.75. The van der Waals surface area contributed by atoms with Gasteiger partial charge in [0.2, 0.25) is 5.75 Å². The lowest BCUT2D eigenvalue weighted by molar-refractivity contribution is 0.102. The Labute approximate surface area is 146 Å². The largest absolute Gasteiger partial charge is 0.496 e. The topological polar surface area (TPSA) is 66.0 Å². The van der Waals surface area contributed by atoms with E-state index in [1.165, 1.54) is 28.4 Å². The van der Waals surface area contributed by atoms with Crippen molar-refractivity contribution >= 4 is 24.2 Å². The Morgan fingerprint density at radius 1 is 0.875 bits per heavy atom. The van der Waals surface area contributed by atoms with Crippen LogP contribution in [0.2, 0.25) is 0 Å². The zero-order valence-corrected chi connectivity index (χ0v) is 14.8. The van der Waals surface area contributed by atoms with E-state index in [2.05, 4.69) is 17.9 Å². The number of nitrogens with one attached hydrogen (secondary N) is 1. The number of amides is 1. The predicted octanol–water partition coefficient (Wildman–Crippen LogP) is 3.26. The van der Waals surface area contributed by atoms with Crippen molar-refractivity contribution in [3.63, 3.8) is 0 Å². The Bertz CT molecular complexity index is 723. The van der Waals surface area contributed by atoms with Gasteiger partial charge >= 0.3 is 0 Å². The van der Waals surface area contributed by atoms with Gasteiger partial charge in [0.1, 0.15) is 5.75 Å². The number of hydrogen-bond acceptors (Lipinski definition) is 6. The van der Waals surface area contributed by atoms with Crippen molar-refractivity contribution in [3.8, 4) is 23.0 Å². The molecule has 2 aromatic carbocycles. The fourth-order valence-corrected chi connectivity index (χ4v) is 2.41. The fraction of sp³-hybridized carbons (Fsp3) is 0.235. The molecular formula is C17H19NO5S. The van der Waals surface area contributed by atoms with Gasteiger partial charge in [-0.25, -0.2) is 0 Å². The molecule has 0 aliphatic rings. The minimum absolute atomic E-state index is 0.295. The van der Waals surface area contributed by atoms with Crippen LogP contribution in [0.25, 0.3) is 0 Å². The van der Waals surface area contributed by atoms with Crippen LogP contribution in [-0.2, 0) is 0 Å². The predicted molar refractivity (Wildman–Crippen MR) is 94.3 cm³/mol. The molecule has 7 heteroatoms. The fourth-order valence-electron chi connectivity index (χ4n) is 2.18. The smallest absolute Gasteiger partial charge is 0.255 e. The van der Waals surface area contributed by atoms with Crippen molar-refractivity contribution in [3.05, 3.63) is 35.9 Å². The molecule has 0 saturated carbocycles. The minimum atomic E-state index is -0.295. The molecule has 0 unspecified atom stereocenters. The van der Waals surface area contributed by atoms with Gasteiger partial charge in [0.25, 0.3) is 5.91 Å². The van der Waals surface area contributed by atoms with Crippen LogP contribution in [-0.4, -0.2) is 34.3 Å². The first kappa shape index (κ1) is 17.8. The van der Waals surface area contributed by atoms with Crippen molar-refractivity contribution < 1.29 is 23.7 Å². The lowest BCUT2D eigenvalue weighted by Crippen LogP contribution is -2.12. The van der Waals surface area contributed by atoms with Gasteiger partial charge in [-0.05, 0) is 18.2 Å². The van der Waals surface area contributed by atoms with Crippen LogP contribution in [0.15, 0.2) is 35.2 Å².